The Balaban J connectivity index is 1.50. The Morgan fingerprint density at radius 2 is 1.66 bits per heavy atom. The number of nitrogens with one attached hydrogen (secondary N) is 1. The molecule has 7 nitrogen and oxygen atoms in total. The highest BCUT2D eigenvalue weighted by Crippen LogP contribution is 2.32. The van der Waals surface area contributed by atoms with Crippen molar-refractivity contribution in [2.24, 2.45) is 0 Å². The number of nitrogens with two attached hydrogens (primary N) is 1. The van der Waals surface area contributed by atoms with Gasteiger partial charge < -0.3 is 20.7 Å². The SMILES string of the molecule is Nc1nc(Nc2ccc(N3CCOCC3)cc2)nc2c(-c3c(F)cccc3F)nccc12. The molecule has 0 radical (unpaired) electrons. The fourth-order valence-electron chi connectivity index (χ4n) is 3.75. The van der Waals surface area contributed by atoms with Crippen LogP contribution >= 0.6 is 0 Å². The molecule has 1 aliphatic heterocycles. The number of aromatic nitrogens is 3. The maximum atomic E-state index is 14.4. The summed E-state index contributed by atoms with van der Waals surface area (Å²) in [5, 5.41) is 3.58. The van der Waals surface area contributed by atoms with E-state index in [1.54, 1.807) is 6.07 Å². The standard InChI is InChI=1S/C23H20F2N6O/c24-17-2-1-3-18(25)19(17)21-20-16(8-9-27-21)22(26)30-23(29-20)28-14-4-6-15(7-5-14)31-10-12-32-13-11-31/h1-9H,10-13H2,(H3,26,28,29,30). The topological polar surface area (TPSA) is 89.2 Å². The molecule has 0 spiro atoms. The van der Waals surface area contributed by atoms with Crippen LogP contribution in [0.2, 0.25) is 0 Å². The minimum absolute atomic E-state index is 0.0675. The van der Waals surface area contributed by atoms with Crippen molar-refractivity contribution in [3.05, 3.63) is 66.4 Å². The molecule has 2 aromatic heterocycles. The zero-order chi connectivity index (χ0) is 22.1. The number of fused-ring (bicyclic) bond motifs is 1. The molecule has 4 aromatic rings. The van der Waals surface area contributed by atoms with Crippen LogP contribution < -0.4 is 16.0 Å². The van der Waals surface area contributed by atoms with Crippen LogP contribution in [-0.4, -0.2) is 41.3 Å². The Bertz CT molecular complexity index is 1260. The van der Waals surface area contributed by atoms with Gasteiger partial charge in [-0.1, -0.05) is 6.07 Å². The van der Waals surface area contributed by atoms with Gasteiger partial charge in [0.25, 0.3) is 0 Å². The average Bonchev–Trinajstić information content (AvgIpc) is 2.80. The van der Waals surface area contributed by atoms with Crippen molar-refractivity contribution in [1.29, 1.82) is 0 Å². The second-order valence-electron chi connectivity index (χ2n) is 7.36. The average molecular weight is 434 g/mol. The van der Waals surface area contributed by atoms with Crippen molar-refractivity contribution in [1.82, 2.24) is 15.0 Å². The molecule has 1 fully saturated rings. The molecule has 0 atom stereocenters. The Labute approximate surface area is 182 Å². The van der Waals surface area contributed by atoms with E-state index in [0.717, 1.165) is 24.5 Å². The first-order valence-electron chi connectivity index (χ1n) is 10.2. The number of nitrogens with zero attached hydrogens (tertiary/aromatic N) is 4. The fraction of sp³-hybridized carbons (Fsp3) is 0.174. The zero-order valence-corrected chi connectivity index (χ0v) is 17.1. The first kappa shape index (κ1) is 20.1. The lowest BCUT2D eigenvalue weighted by atomic mass is 10.1. The highest BCUT2D eigenvalue weighted by Gasteiger charge is 2.18. The van der Waals surface area contributed by atoms with Gasteiger partial charge >= 0.3 is 0 Å². The molecule has 2 aromatic carbocycles. The molecule has 0 bridgehead atoms. The molecule has 0 unspecified atom stereocenters. The molecule has 0 amide bonds. The summed E-state index contributed by atoms with van der Waals surface area (Å²) in [6.07, 6.45) is 1.43. The zero-order valence-electron chi connectivity index (χ0n) is 17.1. The summed E-state index contributed by atoms with van der Waals surface area (Å²) in [5.74, 6) is -1.06. The summed E-state index contributed by atoms with van der Waals surface area (Å²) in [6, 6.07) is 13.1. The molecule has 32 heavy (non-hydrogen) atoms. The summed E-state index contributed by atoms with van der Waals surface area (Å²) >= 11 is 0. The minimum atomic E-state index is -0.726. The molecule has 1 saturated heterocycles. The largest absolute Gasteiger partial charge is 0.383 e. The van der Waals surface area contributed by atoms with Gasteiger partial charge in [-0.2, -0.15) is 4.98 Å². The minimum Gasteiger partial charge on any atom is -0.383 e. The predicted octanol–water partition coefficient (Wildman–Crippen LogP) is 4.13. The monoisotopic (exact) mass is 434 g/mol. The second kappa shape index (κ2) is 8.35. The number of pyridine rings is 1. The molecular weight excluding hydrogens is 414 g/mol. The Kier molecular flexibility index (Phi) is 5.24. The van der Waals surface area contributed by atoms with E-state index in [9.17, 15) is 8.78 Å². The van der Waals surface area contributed by atoms with Crippen LogP contribution in [0.15, 0.2) is 54.7 Å². The molecule has 0 aliphatic carbocycles. The summed E-state index contributed by atoms with van der Waals surface area (Å²) in [5.41, 5.74) is 8.06. The van der Waals surface area contributed by atoms with E-state index < -0.39 is 11.6 Å². The van der Waals surface area contributed by atoms with Gasteiger partial charge in [0.05, 0.1) is 18.8 Å². The lowest BCUT2D eigenvalue weighted by Crippen LogP contribution is -2.36. The van der Waals surface area contributed by atoms with E-state index in [1.165, 1.54) is 24.4 Å². The highest BCUT2D eigenvalue weighted by molar-refractivity contribution is 5.97. The molecule has 3 heterocycles. The lowest BCUT2D eigenvalue weighted by molar-refractivity contribution is 0.122. The van der Waals surface area contributed by atoms with Gasteiger partial charge in [0.15, 0.2) is 0 Å². The fourth-order valence-corrected chi connectivity index (χ4v) is 3.75. The van der Waals surface area contributed by atoms with Crippen molar-refractivity contribution in [3.8, 4) is 11.3 Å². The number of hydrogen-bond acceptors (Lipinski definition) is 7. The first-order chi connectivity index (χ1) is 15.6. The Morgan fingerprint density at radius 1 is 0.938 bits per heavy atom. The van der Waals surface area contributed by atoms with Crippen LogP contribution in [0.3, 0.4) is 0 Å². The molecule has 5 rings (SSSR count). The summed E-state index contributed by atoms with van der Waals surface area (Å²) < 4.78 is 34.2. The number of anilines is 4. The van der Waals surface area contributed by atoms with Crippen LogP contribution in [0.4, 0.5) is 31.9 Å². The number of rotatable bonds is 4. The van der Waals surface area contributed by atoms with Gasteiger partial charge in [-0.25, -0.2) is 13.8 Å². The van der Waals surface area contributed by atoms with Crippen LogP contribution in [0.5, 0.6) is 0 Å². The van der Waals surface area contributed by atoms with E-state index in [0.29, 0.717) is 18.6 Å². The third-order valence-electron chi connectivity index (χ3n) is 5.34. The van der Waals surface area contributed by atoms with E-state index >= 15 is 0 Å². The highest BCUT2D eigenvalue weighted by atomic mass is 19.1. The van der Waals surface area contributed by atoms with Crippen molar-refractivity contribution in [2.45, 2.75) is 0 Å². The molecule has 1 aliphatic rings. The van der Waals surface area contributed by atoms with Crippen LogP contribution in [0.1, 0.15) is 0 Å². The second-order valence-corrected chi connectivity index (χ2v) is 7.36. The quantitative estimate of drug-likeness (QED) is 0.499. The molecular formula is C23H20F2N6O. The molecule has 162 valence electrons. The predicted molar refractivity (Wildman–Crippen MR) is 120 cm³/mol. The number of nitrogen functional groups attached to an aromatic ring is 1. The third-order valence-corrected chi connectivity index (χ3v) is 5.34. The van der Waals surface area contributed by atoms with E-state index in [1.807, 2.05) is 24.3 Å². The van der Waals surface area contributed by atoms with E-state index in [-0.39, 0.29) is 28.5 Å². The molecule has 3 N–H and O–H groups in total. The smallest absolute Gasteiger partial charge is 0.229 e. The number of benzene rings is 2. The summed E-state index contributed by atoms with van der Waals surface area (Å²) in [7, 11) is 0. The van der Waals surface area contributed by atoms with Crippen molar-refractivity contribution in [2.75, 3.05) is 42.3 Å². The lowest BCUT2D eigenvalue weighted by Gasteiger charge is -2.28. The maximum Gasteiger partial charge on any atom is 0.229 e. The summed E-state index contributed by atoms with van der Waals surface area (Å²) in [6.45, 7) is 3.12. The number of hydrogen-bond donors (Lipinski definition) is 2. The number of halogens is 2. The van der Waals surface area contributed by atoms with Gasteiger partial charge in [-0.15, -0.1) is 0 Å². The van der Waals surface area contributed by atoms with Crippen LogP contribution in [-0.2, 0) is 4.74 Å². The number of morpholine rings is 1. The van der Waals surface area contributed by atoms with Gasteiger partial charge in [0.2, 0.25) is 5.95 Å². The van der Waals surface area contributed by atoms with Gasteiger partial charge in [0.1, 0.15) is 28.7 Å². The van der Waals surface area contributed by atoms with Gasteiger partial charge in [-0.05, 0) is 42.5 Å². The van der Waals surface area contributed by atoms with E-state index in [2.05, 4.69) is 25.2 Å². The molecule has 9 heteroatoms. The van der Waals surface area contributed by atoms with Gasteiger partial charge in [-0.3, -0.25) is 4.98 Å². The van der Waals surface area contributed by atoms with Gasteiger partial charge in [0, 0.05) is 36.0 Å². The normalized spacial score (nSPS) is 14.0. The Morgan fingerprint density at radius 3 is 2.38 bits per heavy atom. The number of ether oxygens (including phenoxy) is 1. The van der Waals surface area contributed by atoms with Crippen molar-refractivity contribution < 1.29 is 13.5 Å². The molecule has 0 saturated carbocycles. The first-order valence-corrected chi connectivity index (χ1v) is 10.2. The summed E-state index contributed by atoms with van der Waals surface area (Å²) in [4.78, 5) is 15.2. The van der Waals surface area contributed by atoms with Crippen molar-refractivity contribution in [3.63, 3.8) is 0 Å². The van der Waals surface area contributed by atoms with Crippen LogP contribution in [0, 0.1) is 11.6 Å². The van der Waals surface area contributed by atoms with E-state index in [4.69, 9.17) is 10.5 Å². The van der Waals surface area contributed by atoms with Crippen LogP contribution in [0.25, 0.3) is 22.2 Å². The maximum absolute atomic E-state index is 14.4. The third kappa shape index (κ3) is 3.78. The van der Waals surface area contributed by atoms with Crippen molar-refractivity contribution >= 4 is 34.0 Å². The Hall–Kier alpha value is -3.85.